The molecule has 3 rings (SSSR count). The van der Waals surface area contributed by atoms with Crippen LogP contribution in [0.1, 0.15) is 31.4 Å². The minimum Gasteiger partial charge on any atom is -0.482 e. The second-order valence-electron chi connectivity index (χ2n) is 5.56. The van der Waals surface area contributed by atoms with Gasteiger partial charge in [0.15, 0.2) is 6.61 Å². The highest BCUT2D eigenvalue weighted by Crippen LogP contribution is 2.43. The first-order valence-electron chi connectivity index (χ1n) is 6.93. The molecular formula is C15H20N2O2. The van der Waals surface area contributed by atoms with Crippen molar-refractivity contribution in [1.82, 2.24) is 5.32 Å². The predicted octanol–water partition coefficient (Wildman–Crippen LogP) is 2.32. The van der Waals surface area contributed by atoms with Crippen LogP contribution in [0.25, 0.3) is 0 Å². The van der Waals surface area contributed by atoms with Gasteiger partial charge < -0.3 is 15.4 Å². The molecule has 1 aliphatic carbocycles. The molecule has 0 bridgehead atoms. The van der Waals surface area contributed by atoms with Gasteiger partial charge in [-0.1, -0.05) is 13.0 Å². The molecule has 0 saturated heterocycles. The molecule has 1 aliphatic heterocycles. The Morgan fingerprint density at radius 2 is 2.21 bits per heavy atom. The van der Waals surface area contributed by atoms with Crippen LogP contribution in [0, 0.1) is 11.8 Å². The van der Waals surface area contributed by atoms with Crippen LogP contribution < -0.4 is 15.4 Å². The summed E-state index contributed by atoms with van der Waals surface area (Å²) in [6.07, 6.45) is 2.67. The molecule has 1 heterocycles. The van der Waals surface area contributed by atoms with Gasteiger partial charge in [-0.2, -0.15) is 0 Å². The van der Waals surface area contributed by atoms with Crippen molar-refractivity contribution in [2.75, 3.05) is 19.0 Å². The summed E-state index contributed by atoms with van der Waals surface area (Å²) in [7, 11) is 2.00. The van der Waals surface area contributed by atoms with E-state index < -0.39 is 0 Å². The van der Waals surface area contributed by atoms with Crippen LogP contribution in [-0.2, 0) is 4.79 Å². The van der Waals surface area contributed by atoms with E-state index in [9.17, 15) is 4.79 Å². The van der Waals surface area contributed by atoms with Crippen molar-refractivity contribution >= 4 is 11.6 Å². The van der Waals surface area contributed by atoms with Gasteiger partial charge in [0.05, 0.1) is 5.69 Å². The zero-order valence-electron chi connectivity index (χ0n) is 11.4. The lowest BCUT2D eigenvalue weighted by Gasteiger charge is -2.26. The van der Waals surface area contributed by atoms with E-state index in [0.717, 1.165) is 17.4 Å². The fourth-order valence-corrected chi connectivity index (χ4v) is 2.92. The SMILES string of the molecule is CNC(c1ccc2c(c1)NC(=O)CO2)C(C)C1CC1. The smallest absolute Gasteiger partial charge is 0.262 e. The van der Waals surface area contributed by atoms with Crippen molar-refractivity contribution < 1.29 is 9.53 Å². The predicted molar refractivity (Wildman–Crippen MR) is 74.3 cm³/mol. The molecule has 2 atom stereocenters. The van der Waals surface area contributed by atoms with Crippen LogP contribution in [0.15, 0.2) is 18.2 Å². The van der Waals surface area contributed by atoms with Crippen molar-refractivity contribution in [1.29, 1.82) is 0 Å². The Bertz CT molecular complexity index is 497. The maximum atomic E-state index is 11.4. The number of carbonyl (C=O) groups excluding carboxylic acids is 1. The van der Waals surface area contributed by atoms with E-state index in [1.165, 1.54) is 18.4 Å². The number of hydrogen-bond donors (Lipinski definition) is 2. The summed E-state index contributed by atoms with van der Waals surface area (Å²) in [5.41, 5.74) is 2.00. The molecule has 1 aromatic carbocycles. The fourth-order valence-electron chi connectivity index (χ4n) is 2.92. The molecule has 2 N–H and O–H groups in total. The number of nitrogens with one attached hydrogen (secondary N) is 2. The monoisotopic (exact) mass is 260 g/mol. The van der Waals surface area contributed by atoms with E-state index in [1.807, 2.05) is 19.2 Å². The summed E-state index contributed by atoms with van der Waals surface area (Å²) in [6, 6.07) is 6.41. The summed E-state index contributed by atoms with van der Waals surface area (Å²) in [5.74, 6) is 2.13. The molecule has 0 spiro atoms. The molecule has 1 amide bonds. The molecule has 1 aromatic rings. The van der Waals surface area contributed by atoms with E-state index in [0.29, 0.717) is 12.0 Å². The van der Waals surface area contributed by atoms with E-state index in [4.69, 9.17) is 4.74 Å². The first-order chi connectivity index (χ1) is 9.19. The number of carbonyl (C=O) groups is 1. The molecule has 1 saturated carbocycles. The number of rotatable bonds is 4. The average Bonchev–Trinajstić information content (AvgIpc) is 3.23. The molecule has 0 aromatic heterocycles. The minimum absolute atomic E-state index is 0.0825. The minimum atomic E-state index is -0.0825. The van der Waals surface area contributed by atoms with Crippen molar-refractivity contribution in [3.63, 3.8) is 0 Å². The van der Waals surface area contributed by atoms with Crippen LogP contribution in [0.4, 0.5) is 5.69 Å². The Kier molecular flexibility index (Phi) is 3.19. The number of fused-ring (bicyclic) bond motifs is 1. The Hall–Kier alpha value is -1.55. The van der Waals surface area contributed by atoms with E-state index in [2.05, 4.69) is 23.6 Å². The number of anilines is 1. The number of ether oxygens (including phenoxy) is 1. The van der Waals surface area contributed by atoms with Crippen LogP contribution in [0.5, 0.6) is 5.75 Å². The number of hydrogen-bond acceptors (Lipinski definition) is 3. The van der Waals surface area contributed by atoms with E-state index >= 15 is 0 Å². The first-order valence-corrected chi connectivity index (χ1v) is 6.93. The highest BCUT2D eigenvalue weighted by molar-refractivity contribution is 5.95. The fraction of sp³-hybridized carbons (Fsp3) is 0.533. The molecule has 102 valence electrons. The normalized spacial score (nSPS) is 21.1. The van der Waals surface area contributed by atoms with Gasteiger partial charge in [0.1, 0.15) is 5.75 Å². The van der Waals surface area contributed by atoms with Gasteiger partial charge in [0.25, 0.3) is 5.91 Å². The van der Waals surface area contributed by atoms with Gasteiger partial charge in [-0.05, 0) is 49.4 Å². The first kappa shape index (κ1) is 12.5. The third kappa shape index (κ3) is 2.45. The summed E-state index contributed by atoms with van der Waals surface area (Å²) in [4.78, 5) is 11.4. The van der Waals surface area contributed by atoms with Crippen molar-refractivity contribution in [3.8, 4) is 5.75 Å². The molecule has 19 heavy (non-hydrogen) atoms. The largest absolute Gasteiger partial charge is 0.482 e. The lowest BCUT2D eigenvalue weighted by Crippen LogP contribution is -2.27. The summed E-state index contributed by atoms with van der Waals surface area (Å²) in [6.45, 7) is 2.41. The van der Waals surface area contributed by atoms with E-state index in [-0.39, 0.29) is 12.5 Å². The summed E-state index contributed by atoms with van der Waals surface area (Å²) < 4.78 is 5.39. The number of benzene rings is 1. The standard InChI is InChI=1S/C15H20N2O2/c1-9(10-3-4-10)15(16-2)11-5-6-13-12(7-11)17-14(18)8-19-13/h5-7,9-10,15-16H,3-4,8H2,1-2H3,(H,17,18). The average molecular weight is 260 g/mol. The van der Waals surface area contributed by atoms with Crippen molar-refractivity contribution in [2.45, 2.75) is 25.8 Å². The molecule has 4 nitrogen and oxygen atoms in total. The van der Waals surface area contributed by atoms with Crippen molar-refractivity contribution in [3.05, 3.63) is 23.8 Å². The molecule has 1 fully saturated rings. The third-order valence-corrected chi connectivity index (χ3v) is 4.20. The molecular weight excluding hydrogens is 240 g/mol. The zero-order chi connectivity index (χ0) is 13.4. The third-order valence-electron chi connectivity index (χ3n) is 4.20. The van der Waals surface area contributed by atoms with E-state index in [1.54, 1.807) is 0 Å². The molecule has 2 aliphatic rings. The maximum Gasteiger partial charge on any atom is 0.262 e. The Balaban J connectivity index is 1.87. The van der Waals surface area contributed by atoms with Gasteiger partial charge in [-0.25, -0.2) is 0 Å². The Labute approximate surface area is 113 Å². The van der Waals surface area contributed by atoms with Gasteiger partial charge in [0.2, 0.25) is 0 Å². The van der Waals surface area contributed by atoms with Crippen LogP contribution in [0.2, 0.25) is 0 Å². The van der Waals surface area contributed by atoms with Gasteiger partial charge >= 0.3 is 0 Å². The maximum absolute atomic E-state index is 11.4. The zero-order valence-corrected chi connectivity index (χ0v) is 11.4. The Morgan fingerprint density at radius 1 is 1.42 bits per heavy atom. The summed E-state index contributed by atoms with van der Waals surface area (Å²) >= 11 is 0. The van der Waals surface area contributed by atoms with Gasteiger partial charge in [-0.3, -0.25) is 4.79 Å². The lowest BCUT2D eigenvalue weighted by atomic mass is 9.90. The molecule has 0 radical (unpaired) electrons. The van der Waals surface area contributed by atoms with Gasteiger partial charge in [0, 0.05) is 6.04 Å². The number of amides is 1. The molecule has 2 unspecified atom stereocenters. The highest BCUT2D eigenvalue weighted by Gasteiger charge is 2.33. The van der Waals surface area contributed by atoms with Crippen molar-refractivity contribution in [2.24, 2.45) is 11.8 Å². The highest BCUT2D eigenvalue weighted by atomic mass is 16.5. The lowest BCUT2D eigenvalue weighted by molar-refractivity contribution is -0.118. The van der Waals surface area contributed by atoms with Gasteiger partial charge in [-0.15, -0.1) is 0 Å². The topological polar surface area (TPSA) is 50.4 Å². The second kappa shape index (κ2) is 4.85. The van der Waals surface area contributed by atoms with Crippen LogP contribution in [-0.4, -0.2) is 19.6 Å². The van der Waals surface area contributed by atoms with Crippen LogP contribution in [0.3, 0.4) is 0 Å². The second-order valence-corrected chi connectivity index (χ2v) is 5.56. The quantitative estimate of drug-likeness (QED) is 0.873. The summed E-state index contributed by atoms with van der Waals surface area (Å²) in [5, 5.41) is 6.28. The Morgan fingerprint density at radius 3 is 2.89 bits per heavy atom. The van der Waals surface area contributed by atoms with Crippen LogP contribution >= 0.6 is 0 Å². The molecule has 4 heteroatoms.